The molecule has 0 bridgehead atoms. The second-order valence-electron chi connectivity index (χ2n) is 5.67. The molecule has 1 aromatic carbocycles. The summed E-state index contributed by atoms with van der Waals surface area (Å²) in [6, 6.07) is 5.63. The fourth-order valence-electron chi connectivity index (χ4n) is 2.75. The zero-order valence-corrected chi connectivity index (χ0v) is 12.5. The van der Waals surface area contributed by atoms with E-state index in [0.717, 1.165) is 36.7 Å². The number of nitrogens with zero attached hydrogens (tertiary/aromatic N) is 4. The van der Waals surface area contributed by atoms with Crippen LogP contribution in [-0.2, 0) is 11.3 Å². The second kappa shape index (κ2) is 5.75. The quantitative estimate of drug-likeness (QED) is 0.793. The van der Waals surface area contributed by atoms with Crippen LogP contribution in [0.2, 0.25) is 0 Å². The van der Waals surface area contributed by atoms with Crippen molar-refractivity contribution >= 4 is 12.0 Å². The van der Waals surface area contributed by atoms with Gasteiger partial charge in [0.05, 0.1) is 0 Å². The molecule has 1 aromatic heterocycles. The normalized spacial score (nSPS) is 16.8. The molecule has 0 unspecified atom stereocenters. The van der Waals surface area contributed by atoms with Gasteiger partial charge in [0.25, 0.3) is 0 Å². The van der Waals surface area contributed by atoms with E-state index in [1.165, 1.54) is 6.33 Å². The lowest BCUT2D eigenvalue weighted by Crippen LogP contribution is -2.50. The van der Waals surface area contributed by atoms with Gasteiger partial charge >= 0.3 is 0 Å². The van der Waals surface area contributed by atoms with Crippen molar-refractivity contribution in [3.05, 3.63) is 42.5 Å². The van der Waals surface area contributed by atoms with E-state index >= 15 is 0 Å². The molecular weight excluding hydrogens is 296 g/mol. The van der Waals surface area contributed by atoms with E-state index in [-0.39, 0.29) is 12.7 Å². The first-order valence-corrected chi connectivity index (χ1v) is 7.47. The number of fused-ring (bicyclic) bond motifs is 1. The molecule has 7 heteroatoms. The minimum atomic E-state index is 0.0255. The summed E-state index contributed by atoms with van der Waals surface area (Å²) in [5.41, 5.74) is 0.919. The molecule has 1 saturated heterocycles. The van der Waals surface area contributed by atoms with E-state index in [1.54, 1.807) is 23.2 Å². The molecule has 0 aliphatic carbocycles. The molecule has 23 heavy (non-hydrogen) atoms. The number of likely N-dealkylation sites (tertiary alicyclic amines) is 1. The van der Waals surface area contributed by atoms with Gasteiger partial charge in [-0.05, 0) is 23.8 Å². The summed E-state index contributed by atoms with van der Waals surface area (Å²) in [6.07, 6.45) is 6.62. The van der Waals surface area contributed by atoms with Crippen LogP contribution in [-0.4, -0.2) is 45.5 Å². The van der Waals surface area contributed by atoms with E-state index < -0.39 is 0 Å². The van der Waals surface area contributed by atoms with Gasteiger partial charge in [0.15, 0.2) is 11.5 Å². The number of amides is 1. The second-order valence-corrected chi connectivity index (χ2v) is 5.67. The van der Waals surface area contributed by atoms with E-state index in [4.69, 9.17) is 9.47 Å². The number of carbonyl (C=O) groups is 1. The summed E-state index contributed by atoms with van der Waals surface area (Å²) in [5, 5.41) is 4.08. The van der Waals surface area contributed by atoms with Crippen molar-refractivity contribution < 1.29 is 14.3 Å². The Kier molecular flexibility index (Phi) is 3.45. The van der Waals surface area contributed by atoms with Crippen LogP contribution in [0.4, 0.5) is 0 Å². The maximum absolute atomic E-state index is 12.1. The van der Waals surface area contributed by atoms with Crippen molar-refractivity contribution in [1.82, 2.24) is 19.7 Å². The Bertz CT molecular complexity index is 736. The molecule has 2 aliphatic heterocycles. The Hall–Kier alpha value is -2.83. The molecule has 0 N–H and O–H groups in total. The van der Waals surface area contributed by atoms with Gasteiger partial charge < -0.3 is 14.4 Å². The van der Waals surface area contributed by atoms with Crippen LogP contribution in [0.3, 0.4) is 0 Å². The number of ether oxygens (including phenoxy) is 2. The minimum Gasteiger partial charge on any atom is -0.454 e. The highest BCUT2D eigenvalue weighted by Crippen LogP contribution is 2.32. The lowest BCUT2D eigenvalue weighted by atomic mass is 10.00. The zero-order chi connectivity index (χ0) is 15.6. The molecule has 1 fully saturated rings. The monoisotopic (exact) mass is 312 g/mol. The van der Waals surface area contributed by atoms with Crippen LogP contribution in [0.5, 0.6) is 11.5 Å². The van der Waals surface area contributed by atoms with E-state index in [2.05, 4.69) is 10.1 Å². The smallest absolute Gasteiger partial charge is 0.246 e. The first-order valence-electron chi connectivity index (χ1n) is 7.47. The molecule has 4 rings (SSSR count). The lowest BCUT2D eigenvalue weighted by Gasteiger charge is -2.38. The van der Waals surface area contributed by atoms with Gasteiger partial charge in [-0.2, -0.15) is 5.10 Å². The molecule has 118 valence electrons. The lowest BCUT2D eigenvalue weighted by molar-refractivity contribution is -0.132. The number of carbonyl (C=O) groups excluding carboxylic acids is 1. The number of rotatable bonds is 4. The van der Waals surface area contributed by atoms with Crippen LogP contribution in [0.1, 0.15) is 5.56 Å². The summed E-state index contributed by atoms with van der Waals surface area (Å²) < 4.78 is 12.4. The van der Waals surface area contributed by atoms with Gasteiger partial charge in [-0.15, -0.1) is 0 Å². The number of aromatic nitrogens is 3. The van der Waals surface area contributed by atoms with Crippen molar-refractivity contribution in [1.29, 1.82) is 0 Å². The summed E-state index contributed by atoms with van der Waals surface area (Å²) in [5.74, 6) is 1.93. The SMILES string of the molecule is O=C(C=Cc1ccc2c(c1)OCO2)N1CC(Cn2cncn2)C1. The molecule has 0 atom stereocenters. The molecule has 2 aliphatic rings. The predicted molar refractivity (Wildman–Crippen MR) is 81.7 cm³/mol. The molecule has 2 aromatic rings. The summed E-state index contributed by atoms with van der Waals surface area (Å²) >= 11 is 0. The van der Waals surface area contributed by atoms with Crippen molar-refractivity contribution in [3.63, 3.8) is 0 Å². The van der Waals surface area contributed by atoms with Crippen molar-refractivity contribution in [3.8, 4) is 11.5 Å². The van der Waals surface area contributed by atoms with Gasteiger partial charge in [-0.1, -0.05) is 6.07 Å². The Morgan fingerprint density at radius 2 is 2.17 bits per heavy atom. The topological polar surface area (TPSA) is 69.5 Å². The Labute approximate surface area is 133 Å². The Morgan fingerprint density at radius 3 is 3.00 bits per heavy atom. The first-order chi connectivity index (χ1) is 11.3. The van der Waals surface area contributed by atoms with Crippen LogP contribution >= 0.6 is 0 Å². The molecule has 0 spiro atoms. The Morgan fingerprint density at radius 1 is 1.30 bits per heavy atom. The summed E-state index contributed by atoms with van der Waals surface area (Å²) in [6.45, 7) is 2.56. The van der Waals surface area contributed by atoms with Crippen molar-refractivity contribution in [2.75, 3.05) is 19.9 Å². The highest BCUT2D eigenvalue weighted by atomic mass is 16.7. The van der Waals surface area contributed by atoms with E-state index in [9.17, 15) is 4.79 Å². The number of benzene rings is 1. The largest absolute Gasteiger partial charge is 0.454 e. The highest BCUT2D eigenvalue weighted by Gasteiger charge is 2.29. The predicted octanol–water partition coefficient (Wildman–Crippen LogP) is 1.18. The third kappa shape index (κ3) is 2.90. The third-order valence-corrected chi connectivity index (χ3v) is 4.00. The number of hydrogen-bond acceptors (Lipinski definition) is 5. The molecule has 1 amide bonds. The fraction of sp³-hybridized carbons (Fsp3) is 0.312. The zero-order valence-electron chi connectivity index (χ0n) is 12.5. The van der Waals surface area contributed by atoms with Crippen LogP contribution in [0.15, 0.2) is 36.9 Å². The van der Waals surface area contributed by atoms with Crippen molar-refractivity contribution in [2.45, 2.75) is 6.54 Å². The average molecular weight is 312 g/mol. The van der Waals surface area contributed by atoms with E-state index in [0.29, 0.717) is 5.92 Å². The number of hydrogen-bond donors (Lipinski definition) is 0. The first kappa shape index (κ1) is 13.8. The van der Waals surface area contributed by atoms with E-state index in [1.807, 2.05) is 23.1 Å². The van der Waals surface area contributed by atoms with Gasteiger partial charge in [-0.25, -0.2) is 4.98 Å². The van der Waals surface area contributed by atoms with Gasteiger partial charge in [0.1, 0.15) is 12.7 Å². The van der Waals surface area contributed by atoms with Crippen LogP contribution in [0.25, 0.3) is 6.08 Å². The molecule has 0 radical (unpaired) electrons. The molecule has 7 nitrogen and oxygen atoms in total. The molecular formula is C16H16N4O3. The third-order valence-electron chi connectivity index (χ3n) is 4.00. The van der Waals surface area contributed by atoms with Gasteiger partial charge in [0, 0.05) is 31.6 Å². The summed E-state index contributed by atoms with van der Waals surface area (Å²) in [7, 11) is 0. The average Bonchev–Trinajstić information content (AvgIpc) is 3.18. The standard InChI is InChI=1S/C16H16N4O3/c21-16(19-6-13(7-19)8-20-10-17-9-18-20)4-2-12-1-3-14-15(5-12)23-11-22-14/h1-5,9-10,13H,6-8,11H2. The van der Waals surface area contributed by atoms with Gasteiger partial charge in [-0.3, -0.25) is 9.48 Å². The summed E-state index contributed by atoms with van der Waals surface area (Å²) in [4.78, 5) is 17.9. The Balaban J connectivity index is 1.30. The highest BCUT2D eigenvalue weighted by molar-refractivity contribution is 5.92. The molecule has 3 heterocycles. The van der Waals surface area contributed by atoms with Gasteiger partial charge in [0.2, 0.25) is 12.7 Å². The molecule has 0 saturated carbocycles. The minimum absolute atomic E-state index is 0.0255. The van der Waals surface area contributed by atoms with Crippen LogP contribution in [0, 0.1) is 5.92 Å². The van der Waals surface area contributed by atoms with Crippen molar-refractivity contribution in [2.24, 2.45) is 5.92 Å². The maximum Gasteiger partial charge on any atom is 0.246 e. The maximum atomic E-state index is 12.1. The van der Waals surface area contributed by atoms with Crippen LogP contribution < -0.4 is 9.47 Å². The fourth-order valence-corrected chi connectivity index (χ4v) is 2.75.